The Kier molecular flexibility index (Phi) is 2.29. The Labute approximate surface area is 99.5 Å². The van der Waals surface area contributed by atoms with Crippen LogP contribution >= 0.6 is 0 Å². The molecule has 0 radical (unpaired) electrons. The Morgan fingerprint density at radius 1 is 1.24 bits per heavy atom. The van der Waals surface area contributed by atoms with Gasteiger partial charge in [-0.05, 0) is 24.3 Å². The van der Waals surface area contributed by atoms with Gasteiger partial charge in [-0.3, -0.25) is 4.99 Å². The maximum atomic E-state index is 5.29. The van der Waals surface area contributed by atoms with E-state index in [4.69, 9.17) is 4.74 Å². The van der Waals surface area contributed by atoms with Crippen molar-refractivity contribution in [3.05, 3.63) is 47.8 Å². The van der Waals surface area contributed by atoms with Crippen LogP contribution in [-0.2, 0) is 0 Å². The number of H-pyrrole nitrogens is 1. The number of hydrogen-bond donors (Lipinski definition) is 1. The minimum Gasteiger partial charge on any atom is -0.494 e. The number of para-hydroxylation sites is 1. The number of nitrogens with one attached hydrogen (secondary N) is 1. The number of aliphatic imine (C=N–C) groups is 1. The van der Waals surface area contributed by atoms with Crippen LogP contribution in [0.25, 0.3) is 11.6 Å². The van der Waals surface area contributed by atoms with Gasteiger partial charge in [0.15, 0.2) is 0 Å². The Morgan fingerprint density at radius 2 is 2.18 bits per heavy atom. The van der Waals surface area contributed by atoms with Crippen molar-refractivity contribution in [2.45, 2.75) is 0 Å². The minimum atomic E-state index is 0.814. The third-order valence-electron chi connectivity index (χ3n) is 2.80. The molecule has 2 heterocycles. The van der Waals surface area contributed by atoms with Gasteiger partial charge in [-0.2, -0.15) is 0 Å². The van der Waals surface area contributed by atoms with Crippen molar-refractivity contribution in [3.8, 4) is 5.75 Å². The molecule has 0 saturated heterocycles. The highest BCUT2D eigenvalue weighted by atomic mass is 16.5. The normalized spacial score (nSPS) is 15.2. The molecule has 1 aliphatic rings. The number of hydrogen-bond acceptors (Lipinski definition) is 2. The van der Waals surface area contributed by atoms with Crippen molar-refractivity contribution in [1.82, 2.24) is 4.98 Å². The van der Waals surface area contributed by atoms with E-state index in [1.165, 1.54) is 0 Å². The molecule has 0 atom stereocenters. The first kappa shape index (κ1) is 9.90. The van der Waals surface area contributed by atoms with Gasteiger partial charge in [0.2, 0.25) is 0 Å². The number of fused-ring (bicyclic) bond motifs is 1. The van der Waals surface area contributed by atoms with Crippen LogP contribution in [0.1, 0.15) is 11.3 Å². The molecule has 84 valence electrons. The van der Waals surface area contributed by atoms with E-state index in [1.54, 1.807) is 7.11 Å². The lowest BCUT2D eigenvalue weighted by atomic mass is 10.1. The van der Waals surface area contributed by atoms with Crippen LogP contribution in [0.4, 0.5) is 5.69 Å². The highest BCUT2D eigenvalue weighted by molar-refractivity contribution is 6.21. The number of benzene rings is 1. The summed E-state index contributed by atoms with van der Waals surface area (Å²) in [5, 5.41) is 0. The largest absolute Gasteiger partial charge is 0.494 e. The number of aromatic nitrogens is 1. The number of allylic oxidation sites excluding steroid dienone is 1. The fraction of sp³-hybridized carbons (Fsp3) is 0.0714. The van der Waals surface area contributed by atoms with Crippen molar-refractivity contribution in [2.24, 2.45) is 4.99 Å². The second-order valence-electron chi connectivity index (χ2n) is 3.84. The maximum absolute atomic E-state index is 5.29. The van der Waals surface area contributed by atoms with Crippen LogP contribution in [-0.4, -0.2) is 18.3 Å². The van der Waals surface area contributed by atoms with E-state index in [9.17, 15) is 0 Å². The Morgan fingerprint density at radius 3 is 2.94 bits per heavy atom. The topological polar surface area (TPSA) is 37.4 Å². The second kappa shape index (κ2) is 3.94. The molecule has 3 nitrogen and oxygen atoms in total. The molecular formula is C14H12N2O. The maximum Gasteiger partial charge on any atom is 0.145 e. The number of nitrogens with zero attached hydrogens (tertiary/aromatic N) is 1. The summed E-state index contributed by atoms with van der Waals surface area (Å²) in [4.78, 5) is 7.55. The average molecular weight is 224 g/mol. The van der Waals surface area contributed by atoms with E-state index in [0.717, 1.165) is 28.3 Å². The van der Waals surface area contributed by atoms with Crippen LogP contribution in [0.2, 0.25) is 0 Å². The Balaban J connectivity index is 2.08. The summed E-state index contributed by atoms with van der Waals surface area (Å²) in [6, 6.07) is 9.96. The van der Waals surface area contributed by atoms with E-state index in [0.29, 0.717) is 0 Å². The molecular weight excluding hydrogens is 212 g/mol. The number of rotatable bonds is 2. The van der Waals surface area contributed by atoms with Crippen molar-refractivity contribution >= 4 is 23.6 Å². The van der Waals surface area contributed by atoms with Gasteiger partial charge >= 0.3 is 0 Å². The Hall–Kier alpha value is -2.29. The van der Waals surface area contributed by atoms with Crippen LogP contribution in [0.15, 0.2) is 41.5 Å². The molecule has 0 aliphatic carbocycles. The van der Waals surface area contributed by atoms with Crippen LogP contribution < -0.4 is 4.74 Å². The summed E-state index contributed by atoms with van der Waals surface area (Å²) in [6.07, 6.45) is 5.85. The highest BCUT2D eigenvalue weighted by Crippen LogP contribution is 2.39. The average Bonchev–Trinajstić information content (AvgIpc) is 2.99. The summed E-state index contributed by atoms with van der Waals surface area (Å²) in [5.41, 5.74) is 4.19. The third kappa shape index (κ3) is 1.65. The summed E-state index contributed by atoms with van der Waals surface area (Å²) in [6.45, 7) is 0. The fourth-order valence-corrected chi connectivity index (χ4v) is 1.97. The van der Waals surface area contributed by atoms with E-state index in [2.05, 4.69) is 22.1 Å². The molecule has 0 fully saturated rings. The number of aromatic amines is 1. The van der Waals surface area contributed by atoms with Gasteiger partial charge in [-0.15, -0.1) is 0 Å². The fourth-order valence-electron chi connectivity index (χ4n) is 1.97. The molecule has 1 aromatic heterocycles. The molecule has 0 saturated carbocycles. The summed E-state index contributed by atoms with van der Waals surface area (Å²) in [5.74, 6) is 0.814. The number of ether oxygens (including phenoxy) is 1. The standard InChI is InChI=1S/C14H12N2O/c1-17-13-6-2-5-12-10(9-16-14(12)13)8-11-4-3-7-15-11/h2-9,15H,1H3. The summed E-state index contributed by atoms with van der Waals surface area (Å²) < 4.78 is 5.29. The van der Waals surface area contributed by atoms with Gasteiger partial charge < -0.3 is 9.72 Å². The third-order valence-corrected chi connectivity index (χ3v) is 2.80. The van der Waals surface area contributed by atoms with Crippen molar-refractivity contribution in [2.75, 3.05) is 7.11 Å². The van der Waals surface area contributed by atoms with Crippen molar-refractivity contribution in [3.63, 3.8) is 0 Å². The zero-order chi connectivity index (χ0) is 11.7. The van der Waals surface area contributed by atoms with E-state index in [-0.39, 0.29) is 0 Å². The van der Waals surface area contributed by atoms with Crippen LogP contribution in [0.5, 0.6) is 5.75 Å². The van der Waals surface area contributed by atoms with Crippen molar-refractivity contribution in [1.29, 1.82) is 0 Å². The van der Waals surface area contributed by atoms with Gasteiger partial charge in [0.1, 0.15) is 11.4 Å². The summed E-state index contributed by atoms with van der Waals surface area (Å²) in [7, 11) is 1.66. The molecule has 0 amide bonds. The first-order chi connectivity index (χ1) is 8.38. The lowest BCUT2D eigenvalue weighted by Crippen LogP contribution is -1.85. The van der Waals surface area contributed by atoms with Crippen LogP contribution in [0.3, 0.4) is 0 Å². The molecule has 1 aliphatic heterocycles. The van der Waals surface area contributed by atoms with Gasteiger partial charge in [0, 0.05) is 29.2 Å². The van der Waals surface area contributed by atoms with E-state index in [1.807, 2.05) is 36.7 Å². The highest BCUT2D eigenvalue weighted by Gasteiger charge is 2.15. The lowest BCUT2D eigenvalue weighted by Gasteiger charge is -2.04. The molecule has 3 heteroatoms. The predicted molar refractivity (Wildman–Crippen MR) is 69.8 cm³/mol. The molecule has 3 rings (SSSR count). The monoisotopic (exact) mass is 224 g/mol. The SMILES string of the molecule is COc1cccc2c1N=CC2=Cc1ccc[nH]1. The minimum absolute atomic E-state index is 0.814. The smallest absolute Gasteiger partial charge is 0.145 e. The molecule has 2 aromatic rings. The number of methoxy groups -OCH3 is 1. The first-order valence-electron chi connectivity index (χ1n) is 5.45. The van der Waals surface area contributed by atoms with Gasteiger partial charge in [-0.1, -0.05) is 12.1 Å². The lowest BCUT2D eigenvalue weighted by molar-refractivity contribution is 0.416. The van der Waals surface area contributed by atoms with E-state index < -0.39 is 0 Å². The summed E-state index contributed by atoms with van der Waals surface area (Å²) >= 11 is 0. The second-order valence-corrected chi connectivity index (χ2v) is 3.84. The zero-order valence-electron chi connectivity index (χ0n) is 9.47. The molecule has 17 heavy (non-hydrogen) atoms. The Bertz CT molecular complexity index is 595. The molecule has 0 spiro atoms. The van der Waals surface area contributed by atoms with Gasteiger partial charge in [0.05, 0.1) is 7.11 Å². The molecule has 0 unspecified atom stereocenters. The first-order valence-corrected chi connectivity index (χ1v) is 5.45. The van der Waals surface area contributed by atoms with Gasteiger partial charge in [-0.25, -0.2) is 0 Å². The quantitative estimate of drug-likeness (QED) is 0.835. The van der Waals surface area contributed by atoms with Crippen LogP contribution in [0, 0.1) is 0 Å². The molecule has 1 aromatic carbocycles. The predicted octanol–water partition coefficient (Wildman–Crippen LogP) is 3.28. The van der Waals surface area contributed by atoms with E-state index >= 15 is 0 Å². The zero-order valence-corrected chi connectivity index (χ0v) is 9.47. The molecule has 0 bridgehead atoms. The van der Waals surface area contributed by atoms with Gasteiger partial charge in [0.25, 0.3) is 0 Å². The van der Waals surface area contributed by atoms with Crippen molar-refractivity contribution < 1.29 is 4.74 Å². The molecule has 1 N–H and O–H groups in total.